The fraction of sp³-hybridized carbons (Fsp3) is 0.188. The summed E-state index contributed by atoms with van der Waals surface area (Å²) in [6.07, 6.45) is 0. The van der Waals surface area contributed by atoms with Crippen LogP contribution in [0.4, 0.5) is 11.4 Å². The van der Waals surface area contributed by atoms with Gasteiger partial charge >= 0.3 is 0 Å². The van der Waals surface area contributed by atoms with Gasteiger partial charge in [0, 0.05) is 35.1 Å². The quantitative estimate of drug-likeness (QED) is 0.906. The van der Waals surface area contributed by atoms with Crippen LogP contribution in [-0.4, -0.2) is 20.1 Å². The Morgan fingerprint density at radius 2 is 1.71 bits per heavy atom. The molecule has 0 bridgehead atoms. The summed E-state index contributed by atoms with van der Waals surface area (Å²) in [4.78, 5) is 12.1. The lowest BCUT2D eigenvalue weighted by molar-refractivity contribution is -0.116. The Morgan fingerprint density at radius 3 is 2.38 bits per heavy atom. The number of amides is 1. The van der Waals surface area contributed by atoms with Gasteiger partial charge in [0.25, 0.3) is 5.91 Å². The minimum atomic E-state index is -0.419. The Labute approximate surface area is 122 Å². The van der Waals surface area contributed by atoms with Crippen molar-refractivity contribution in [2.24, 2.45) is 0 Å². The third-order valence-electron chi connectivity index (χ3n) is 3.45. The third kappa shape index (κ3) is 2.50. The number of anilines is 2. The van der Waals surface area contributed by atoms with Crippen molar-refractivity contribution in [3.63, 3.8) is 0 Å². The molecule has 1 aliphatic heterocycles. The number of hydrogen-bond acceptors (Lipinski definition) is 4. The second-order valence-electron chi connectivity index (χ2n) is 4.76. The van der Waals surface area contributed by atoms with E-state index < -0.39 is 6.04 Å². The van der Waals surface area contributed by atoms with Gasteiger partial charge in [-0.15, -0.1) is 0 Å². The third-order valence-corrected chi connectivity index (χ3v) is 3.45. The minimum Gasteiger partial charge on any atom is -0.497 e. The first-order chi connectivity index (χ1) is 10.2. The number of fused-ring (bicyclic) bond motifs is 1. The van der Waals surface area contributed by atoms with Crippen LogP contribution in [-0.2, 0) is 4.79 Å². The summed E-state index contributed by atoms with van der Waals surface area (Å²) in [7, 11) is 3.19. The van der Waals surface area contributed by atoms with E-state index in [0.717, 1.165) is 16.9 Å². The first kappa shape index (κ1) is 13.3. The highest BCUT2D eigenvalue weighted by atomic mass is 16.5. The molecule has 108 valence electrons. The van der Waals surface area contributed by atoms with Crippen LogP contribution in [0.25, 0.3) is 0 Å². The Kier molecular flexibility index (Phi) is 3.39. The standard InChI is InChI=1S/C16H16N2O3/c1-20-11-7-10(8-12(9-11)21-2)17-15-13-5-3-4-6-14(13)18-16(15)19/h3-9,15,17H,1-2H3,(H,18,19). The summed E-state index contributed by atoms with van der Waals surface area (Å²) in [5.74, 6) is 1.27. The fourth-order valence-corrected chi connectivity index (χ4v) is 2.41. The van der Waals surface area contributed by atoms with Gasteiger partial charge in [-0.1, -0.05) is 18.2 Å². The van der Waals surface area contributed by atoms with E-state index in [1.807, 2.05) is 36.4 Å². The summed E-state index contributed by atoms with van der Waals surface area (Å²) in [5, 5.41) is 6.09. The van der Waals surface area contributed by atoms with Gasteiger partial charge in [-0.3, -0.25) is 4.79 Å². The van der Waals surface area contributed by atoms with E-state index in [0.29, 0.717) is 11.5 Å². The predicted molar refractivity (Wildman–Crippen MR) is 81.0 cm³/mol. The maximum absolute atomic E-state index is 12.1. The molecule has 0 fully saturated rings. The zero-order valence-corrected chi connectivity index (χ0v) is 11.8. The van der Waals surface area contributed by atoms with E-state index in [1.165, 1.54) is 0 Å². The molecular formula is C16H16N2O3. The second-order valence-corrected chi connectivity index (χ2v) is 4.76. The first-order valence-electron chi connectivity index (χ1n) is 6.60. The molecule has 0 spiro atoms. The summed E-state index contributed by atoms with van der Waals surface area (Å²) >= 11 is 0. The van der Waals surface area contributed by atoms with Crippen LogP contribution in [0.3, 0.4) is 0 Å². The summed E-state index contributed by atoms with van der Waals surface area (Å²) < 4.78 is 10.5. The van der Waals surface area contributed by atoms with Crippen LogP contribution in [0, 0.1) is 0 Å². The summed E-state index contributed by atoms with van der Waals surface area (Å²) in [5.41, 5.74) is 2.54. The van der Waals surface area contributed by atoms with Crippen LogP contribution < -0.4 is 20.1 Å². The lowest BCUT2D eigenvalue weighted by Crippen LogP contribution is -2.19. The number of nitrogens with one attached hydrogen (secondary N) is 2. The summed E-state index contributed by atoms with van der Waals surface area (Å²) in [6, 6.07) is 12.7. The number of rotatable bonds is 4. The number of carbonyl (C=O) groups excluding carboxylic acids is 1. The van der Waals surface area contributed by atoms with Crippen molar-refractivity contribution in [3.8, 4) is 11.5 Å². The molecule has 3 rings (SSSR count). The molecule has 5 nitrogen and oxygen atoms in total. The molecule has 0 radical (unpaired) electrons. The van der Waals surface area contributed by atoms with Gasteiger partial charge in [-0.25, -0.2) is 0 Å². The average molecular weight is 284 g/mol. The van der Waals surface area contributed by atoms with Crippen molar-refractivity contribution >= 4 is 17.3 Å². The molecule has 1 amide bonds. The topological polar surface area (TPSA) is 59.6 Å². The Bertz CT molecular complexity index is 663. The Balaban J connectivity index is 1.92. The number of carbonyl (C=O) groups is 1. The minimum absolute atomic E-state index is 0.0713. The zero-order valence-electron chi connectivity index (χ0n) is 11.8. The van der Waals surface area contributed by atoms with Gasteiger partial charge in [0.15, 0.2) is 0 Å². The Morgan fingerprint density at radius 1 is 1.05 bits per heavy atom. The maximum atomic E-state index is 12.1. The second kappa shape index (κ2) is 5.36. The van der Waals surface area contributed by atoms with Crippen molar-refractivity contribution < 1.29 is 14.3 Å². The van der Waals surface area contributed by atoms with Crippen molar-refractivity contribution in [3.05, 3.63) is 48.0 Å². The van der Waals surface area contributed by atoms with Crippen LogP contribution in [0.15, 0.2) is 42.5 Å². The molecule has 1 unspecified atom stereocenters. The molecule has 0 aromatic heterocycles. The largest absolute Gasteiger partial charge is 0.497 e. The Hall–Kier alpha value is -2.69. The van der Waals surface area contributed by atoms with Crippen molar-refractivity contribution in [1.29, 1.82) is 0 Å². The summed E-state index contributed by atoms with van der Waals surface area (Å²) in [6.45, 7) is 0. The highest BCUT2D eigenvalue weighted by molar-refractivity contribution is 6.04. The van der Waals surface area contributed by atoms with Gasteiger partial charge in [0.1, 0.15) is 17.5 Å². The maximum Gasteiger partial charge on any atom is 0.251 e. The van der Waals surface area contributed by atoms with Crippen LogP contribution in [0.1, 0.15) is 11.6 Å². The van der Waals surface area contributed by atoms with E-state index in [2.05, 4.69) is 10.6 Å². The molecule has 2 aromatic carbocycles. The van der Waals surface area contributed by atoms with E-state index in [-0.39, 0.29) is 5.91 Å². The van der Waals surface area contributed by atoms with E-state index >= 15 is 0 Å². The lowest BCUT2D eigenvalue weighted by Gasteiger charge is -2.15. The molecule has 0 aliphatic carbocycles. The molecule has 0 saturated carbocycles. The van der Waals surface area contributed by atoms with E-state index in [1.54, 1.807) is 20.3 Å². The van der Waals surface area contributed by atoms with Crippen molar-refractivity contribution in [1.82, 2.24) is 0 Å². The van der Waals surface area contributed by atoms with Gasteiger partial charge < -0.3 is 20.1 Å². The van der Waals surface area contributed by atoms with Gasteiger partial charge in [0.05, 0.1) is 14.2 Å². The predicted octanol–water partition coefficient (Wildman–Crippen LogP) is 2.81. The van der Waals surface area contributed by atoms with Crippen LogP contribution >= 0.6 is 0 Å². The highest BCUT2D eigenvalue weighted by Gasteiger charge is 2.30. The monoisotopic (exact) mass is 284 g/mol. The lowest BCUT2D eigenvalue weighted by atomic mass is 10.1. The fourth-order valence-electron chi connectivity index (χ4n) is 2.41. The molecule has 1 atom stereocenters. The number of hydrogen-bond donors (Lipinski definition) is 2. The average Bonchev–Trinajstić information content (AvgIpc) is 2.83. The van der Waals surface area contributed by atoms with Crippen LogP contribution in [0.2, 0.25) is 0 Å². The zero-order chi connectivity index (χ0) is 14.8. The number of para-hydroxylation sites is 1. The molecular weight excluding hydrogens is 268 g/mol. The van der Waals surface area contributed by atoms with E-state index in [4.69, 9.17) is 9.47 Å². The van der Waals surface area contributed by atoms with Crippen LogP contribution in [0.5, 0.6) is 11.5 Å². The number of benzene rings is 2. The highest BCUT2D eigenvalue weighted by Crippen LogP contribution is 2.34. The first-order valence-corrected chi connectivity index (χ1v) is 6.60. The molecule has 0 saturated heterocycles. The van der Waals surface area contributed by atoms with Gasteiger partial charge in [0.2, 0.25) is 0 Å². The SMILES string of the molecule is COc1cc(NC2C(=O)Nc3ccccc32)cc(OC)c1. The molecule has 2 N–H and O–H groups in total. The van der Waals surface area contributed by atoms with Gasteiger partial charge in [-0.05, 0) is 6.07 Å². The normalized spacial score (nSPS) is 16.1. The van der Waals surface area contributed by atoms with E-state index in [9.17, 15) is 4.79 Å². The number of ether oxygens (including phenoxy) is 2. The molecule has 1 heterocycles. The van der Waals surface area contributed by atoms with Crippen molar-refractivity contribution in [2.45, 2.75) is 6.04 Å². The number of methoxy groups -OCH3 is 2. The van der Waals surface area contributed by atoms with Crippen molar-refractivity contribution in [2.75, 3.05) is 24.9 Å². The molecule has 1 aliphatic rings. The van der Waals surface area contributed by atoms with Gasteiger partial charge in [-0.2, -0.15) is 0 Å². The molecule has 2 aromatic rings. The molecule has 21 heavy (non-hydrogen) atoms. The smallest absolute Gasteiger partial charge is 0.251 e. The molecule has 5 heteroatoms.